The maximum atomic E-state index is 6.06. The van der Waals surface area contributed by atoms with Crippen molar-refractivity contribution < 1.29 is 0 Å². The SMILES string of the molecule is Cc1cccc(N2CCc3cccc(N)c3C2)n1. The number of aromatic nitrogens is 1. The minimum Gasteiger partial charge on any atom is -0.398 e. The van der Waals surface area contributed by atoms with Gasteiger partial charge in [-0.15, -0.1) is 0 Å². The molecule has 3 nitrogen and oxygen atoms in total. The molecule has 18 heavy (non-hydrogen) atoms. The van der Waals surface area contributed by atoms with Crippen molar-refractivity contribution in [2.45, 2.75) is 19.9 Å². The van der Waals surface area contributed by atoms with Crippen LogP contribution in [-0.4, -0.2) is 11.5 Å². The minimum absolute atomic E-state index is 0.860. The summed E-state index contributed by atoms with van der Waals surface area (Å²) in [6.45, 7) is 3.89. The zero-order valence-electron chi connectivity index (χ0n) is 10.6. The van der Waals surface area contributed by atoms with Crippen molar-refractivity contribution in [2.24, 2.45) is 0 Å². The van der Waals surface area contributed by atoms with Gasteiger partial charge in [0.15, 0.2) is 0 Å². The lowest BCUT2D eigenvalue weighted by molar-refractivity contribution is 0.721. The Bertz CT molecular complexity index is 578. The lowest BCUT2D eigenvalue weighted by Gasteiger charge is -2.30. The van der Waals surface area contributed by atoms with Gasteiger partial charge in [-0.25, -0.2) is 4.98 Å². The predicted octanol–water partition coefficient (Wildman–Crippen LogP) is 2.53. The van der Waals surface area contributed by atoms with Crippen LogP contribution in [0, 0.1) is 6.92 Å². The van der Waals surface area contributed by atoms with Gasteiger partial charge in [-0.2, -0.15) is 0 Å². The fourth-order valence-electron chi connectivity index (χ4n) is 2.51. The van der Waals surface area contributed by atoms with E-state index < -0.39 is 0 Å². The Kier molecular flexibility index (Phi) is 2.67. The average molecular weight is 239 g/mol. The topological polar surface area (TPSA) is 42.1 Å². The number of anilines is 2. The van der Waals surface area contributed by atoms with Crippen LogP contribution in [0.2, 0.25) is 0 Å². The first-order chi connectivity index (χ1) is 8.74. The summed E-state index contributed by atoms with van der Waals surface area (Å²) < 4.78 is 0. The van der Waals surface area contributed by atoms with Crippen LogP contribution in [0.4, 0.5) is 11.5 Å². The summed E-state index contributed by atoms with van der Waals surface area (Å²) in [4.78, 5) is 6.88. The Balaban J connectivity index is 1.93. The van der Waals surface area contributed by atoms with E-state index in [1.807, 2.05) is 25.1 Å². The van der Waals surface area contributed by atoms with E-state index in [0.717, 1.165) is 36.7 Å². The summed E-state index contributed by atoms with van der Waals surface area (Å²) in [5.41, 5.74) is 10.6. The van der Waals surface area contributed by atoms with Crippen LogP contribution in [0.15, 0.2) is 36.4 Å². The van der Waals surface area contributed by atoms with Gasteiger partial charge < -0.3 is 10.6 Å². The number of benzene rings is 1. The van der Waals surface area contributed by atoms with E-state index in [4.69, 9.17) is 5.73 Å². The molecule has 0 aliphatic carbocycles. The lowest BCUT2D eigenvalue weighted by Crippen LogP contribution is -2.31. The molecular weight excluding hydrogens is 222 g/mol. The van der Waals surface area contributed by atoms with Gasteiger partial charge in [0.1, 0.15) is 5.82 Å². The van der Waals surface area contributed by atoms with Crippen molar-refractivity contribution in [3.8, 4) is 0 Å². The smallest absolute Gasteiger partial charge is 0.129 e. The third-order valence-corrected chi connectivity index (χ3v) is 3.51. The molecule has 0 unspecified atom stereocenters. The third-order valence-electron chi connectivity index (χ3n) is 3.51. The average Bonchev–Trinajstić information content (AvgIpc) is 2.39. The summed E-state index contributed by atoms with van der Waals surface area (Å²) in [7, 11) is 0. The first kappa shape index (κ1) is 11.1. The van der Waals surface area contributed by atoms with Crippen LogP contribution in [0.1, 0.15) is 16.8 Å². The van der Waals surface area contributed by atoms with Gasteiger partial charge in [0.2, 0.25) is 0 Å². The molecule has 3 heteroatoms. The van der Waals surface area contributed by atoms with Gasteiger partial charge in [0.05, 0.1) is 0 Å². The van der Waals surface area contributed by atoms with Crippen molar-refractivity contribution >= 4 is 11.5 Å². The molecule has 0 radical (unpaired) electrons. The molecule has 2 aromatic rings. The van der Waals surface area contributed by atoms with Crippen molar-refractivity contribution in [3.63, 3.8) is 0 Å². The van der Waals surface area contributed by atoms with Crippen LogP contribution in [0.3, 0.4) is 0 Å². The summed E-state index contributed by atoms with van der Waals surface area (Å²) in [5.74, 6) is 1.05. The number of rotatable bonds is 1. The number of aryl methyl sites for hydroxylation is 1. The molecule has 3 rings (SSSR count). The van der Waals surface area contributed by atoms with Crippen LogP contribution in [-0.2, 0) is 13.0 Å². The lowest BCUT2D eigenvalue weighted by atomic mass is 9.98. The molecule has 0 fully saturated rings. The molecule has 0 saturated heterocycles. The molecule has 2 N–H and O–H groups in total. The van der Waals surface area contributed by atoms with E-state index >= 15 is 0 Å². The van der Waals surface area contributed by atoms with Crippen molar-refractivity contribution in [1.29, 1.82) is 0 Å². The fraction of sp³-hybridized carbons (Fsp3) is 0.267. The normalized spacial score (nSPS) is 14.4. The molecule has 1 aromatic heterocycles. The third kappa shape index (κ3) is 1.92. The first-order valence-electron chi connectivity index (χ1n) is 6.29. The molecule has 1 aliphatic rings. The maximum Gasteiger partial charge on any atom is 0.129 e. The highest BCUT2D eigenvalue weighted by molar-refractivity contribution is 5.55. The van der Waals surface area contributed by atoms with Gasteiger partial charge in [-0.05, 0) is 42.7 Å². The van der Waals surface area contributed by atoms with Crippen molar-refractivity contribution in [3.05, 3.63) is 53.2 Å². The van der Waals surface area contributed by atoms with Gasteiger partial charge in [0, 0.05) is 24.5 Å². The molecule has 0 amide bonds. The molecule has 0 spiro atoms. The number of pyridine rings is 1. The van der Waals surface area contributed by atoms with Crippen LogP contribution >= 0.6 is 0 Å². The van der Waals surface area contributed by atoms with Crippen LogP contribution in [0.5, 0.6) is 0 Å². The highest BCUT2D eigenvalue weighted by Crippen LogP contribution is 2.26. The van der Waals surface area contributed by atoms with Crippen LogP contribution in [0.25, 0.3) is 0 Å². The Morgan fingerprint density at radius 1 is 1.17 bits per heavy atom. The van der Waals surface area contributed by atoms with E-state index in [2.05, 4.69) is 28.1 Å². The maximum absolute atomic E-state index is 6.06. The van der Waals surface area contributed by atoms with Crippen molar-refractivity contribution in [1.82, 2.24) is 4.98 Å². The number of nitrogen functional groups attached to an aromatic ring is 1. The molecule has 92 valence electrons. The quantitative estimate of drug-likeness (QED) is 0.778. The summed E-state index contributed by atoms with van der Waals surface area (Å²) in [6, 6.07) is 12.3. The second-order valence-corrected chi connectivity index (χ2v) is 4.79. The Hall–Kier alpha value is -2.03. The number of nitrogens with two attached hydrogens (primary N) is 1. The van der Waals surface area contributed by atoms with Gasteiger partial charge >= 0.3 is 0 Å². The summed E-state index contributed by atoms with van der Waals surface area (Å²) >= 11 is 0. The van der Waals surface area contributed by atoms with Crippen molar-refractivity contribution in [2.75, 3.05) is 17.2 Å². The van der Waals surface area contributed by atoms with E-state index in [-0.39, 0.29) is 0 Å². The molecule has 1 aromatic carbocycles. The Morgan fingerprint density at radius 3 is 2.83 bits per heavy atom. The Labute approximate surface area is 107 Å². The number of fused-ring (bicyclic) bond motifs is 1. The molecule has 2 heterocycles. The first-order valence-corrected chi connectivity index (χ1v) is 6.29. The Morgan fingerprint density at radius 2 is 2.00 bits per heavy atom. The highest BCUT2D eigenvalue weighted by Gasteiger charge is 2.18. The van der Waals surface area contributed by atoms with Gasteiger partial charge in [-0.1, -0.05) is 18.2 Å². The van der Waals surface area contributed by atoms with E-state index in [9.17, 15) is 0 Å². The molecular formula is C15H17N3. The second-order valence-electron chi connectivity index (χ2n) is 4.79. The monoisotopic (exact) mass is 239 g/mol. The minimum atomic E-state index is 0.860. The standard InChI is InChI=1S/C15H17N3/c1-11-4-2-7-15(17-11)18-9-8-12-5-3-6-14(16)13(12)10-18/h2-7H,8-10,16H2,1H3. The molecule has 0 atom stereocenters. The number of hydrogen-bond acceptors (Lipinski definition) is 3. The second kappa shape index (κ2) is 4.33. The van der Waals surface area contributed by atoms with Gasteiger partial charge in [-0.3, -0.25) is 0 Å². The fourth-order valence-corrected chi connectivity index (χ4v) is 2.51. The zero-order valence-corrected chi connectivity index (χ0v) is 10.6. The summed E-state index contributed by atoms with van der Waals surface area (Å²) in [5, 5.41) is 0. The van der Waals surface area contributed by atoms with E-state index in [1.165, 1.54) is 11.1 Å². The zero-order chi connectivity index (χ0) is 12.5. The summed E-state index contributed by atoms with van der Waals surface area (Å²) in [6.07, 6.45) is 1.04. The molecule has 0 bridgehead atoms. The largest absolute Gasteiger partial charge is 0.398 e. The number of nitrogens with zero attached hydrogens (tertiary/aromatic N) is 2. The highest BCUT2D eigenvalue weighted by atomic mass is 15.2. The predicted molar refractivity (Wildman–Crippen MR) is 74.6 cm³/mol. The van der Waals surface area contributed by atoms with E-state index in [0.29, 0.717) is 0 Å². The van der Waals surface area contributed by atoms with Gasteiger partial charge in [0.25, 0.3) is 0 Å². The van der Waals surface area contributed by atoms with E-state index in [1.54, 1.807) is 0 Å². The molecule has 1 aliphatic heterocycles. The van der Waals surface area contributed by atoms with Crippen LogP contribution < -0.4 is 10.6 Å². The molecule has 0 saturated carbocycles. The number of hydrogen-bond donors (Lipinski definition) is 1.